The normalized spacial score (nSPS) is 20.0. The van der Waals surface area contributed by atoms with Gasteiger partial charge in [-0.3, -0.25) is 9.59 Å². The average Bonchev–Trinajstić information content (AvgIpc) is 3.63. The van der Waals surface area contributed by atoms with Crippen LogP contribution in [0.25, 0.3) is 10.8 Å². The molecule has 3 aliphatic rings. The number of nitrogens with zero attached hydrogens (tertiary/aromatic N) is 5. The van der Waals surface area contributed by atoms with Crippen LogP contribution in [-0.2, 0) is 6.42 Å². The van der Waals surface area contributed by atoms with Crippen LogP contribution in [0.2, 0.25) is 0 Å². The summed E-state index contributed by atoms with van der Waals surface area (Å²) >= 11 is 0. The van der Waals surface area contributed by atoms with Gasteiger partial charge in [-0.15, -0.1) is 0 Å². The summed E-state index contributed by atoms with van der Waals surface area (Å²) in [5.41, 5.74) is 1.56. The Morgan fingerprint density at radius 3 is 2.72 bits per heavy atom. The molecule has 1 amide bonds. The van der Waals surface area contributed by atoms with Crippen molar-refractivity contribution >= 4 is 22.5 Å². The molecule has 2 saturated heterocycles. The molecule has 1 spiro atoms. The number of rotatable bonds is 6. The Hall–Kier alpha value is -4.78. The molecule has 4 heterocycles. The number of halogens is 1. The molecule has 1 atom stereocenters. The molecule has 1 saturated carbocycles. The topological polar surface area (TPSA) is 115 Å². The van der Waals surface area contributed by atoms with Crippen LogP contribution in [0.15, 0.2) is 59.5 Å². The van der Waals surface area contributed by atoms with Crippen LogP contribution >= 0.6 is 0 Å². The maximum atomic E-state index is 15.1. The van der Waals surface area contributed by atoms with Gasteiger partial charge in [0.2, 0.25) is 0 Å². The van der Waals surface area contributed by atoms with Crippen LogP contribution < -0.4 is 15.2 Å². The van der Waals surface area contributed by atoms with E-state index in [2.05, 4.69) is 26.2 Å². The van der Waals surface area contributed by atoms with E-state index in [1.807, 2.05) is 18.2 Å². The summed E-state index contributed by atoms with van der Waals surface area (Å²) < 4.78 is 21.1. The fraction of sp³-hybridized carbons (Fsp3) is 0.364. The smallest absolute Gasteiger partial charge is 0.272 e. The summed E-state index contributed by atoms with van der Waals surface area (Å²) in [6, 6.07) is 15.7. The molecule has 1 aliphatic carbocycles. The van der Waals surface area contributed by atoms with Gasteiger partial charge in [0, 0.05) is 49.6 Å². The maximum absolute atomic E-state index is 15.1. The first-order valence-electron chi connectivity index (χ1n) is 14.8. The zero-order valence-corrected chi connectivity index (χ0v) is 23.7. The summed E-state index contributed by atoms with van der Waals surface area (Å²) in [6.07, 6.45) is 7.05. The Bertz CT molecular complexity index is 1810. The van der Waals surface area contributed by atoms with Gasteiger partial charge in [-0.1, -0.05) is 6.07 Å². The number of amides is 1. The highest BCUT2D eigenvalue weighted by Crippen LogP contribution is 2.41. The number of H-pyrrole nitrogens is 1. The van der Waals surface area contributed by atoms with E-state index in [4.69, 9.17) is 10.00 Å². The van der Waals surface area contributed by atoms with Crippen molar-refractivity contribution in [3.8, 4) is 11.8 Å². The van der Waals surface area contributed by atoms with Gasteiger partial charge in [0.25, 0.3) is 11.5 Å². The number of hydrogen-bond acceptors (Lipinski definition) is 7. The zero-order chi connectivity index (χ0) is 29.6. The molecule has 2 aromatic carbocycles. The van der Waals surface area contributed by atoms with Crippen molar-refractivity contribution in [1.29, 1.82) is 5.26 Å². The quantitative estimate of drug-likeness (QED) is 0.356. The standard InChI is InChI=1S/C33H31FN6O3/c34-28-8-4-21(15-29-26-16-24(43-23-2-1-3-23)6-7-25(26)31(41)38-37-29)14-27(28)32(42)40-13-11-33(20-40)10-12-39(19-33)30-9-5-22(17-35)18-36-30/h4-9,14,16,18,23H,1-3,10-13,15,19-20H2,(H,38,41). The second-order valence-corrected chi connectivity index (χ2v) is 12.0. The number of nitriles is 1. The number of hydrogen-bond donors (Lipinski definition) is 1. The molecule has 3 fully saturated rings. The Kier molecular flexibility index (Phi) is 6.80. The highest BCUT2D eigenvalue weighted by Gasteiger charge is 2.45. The van der Waals surface area contributed by atoms with Crippen molar-refractivity contribution in [2.75, 3.05) is 31.1 Å². The Morgan fingerprint density at radius 1 is 1.09 bits per heavy atom. The molecule has 0 bridgehead atoms. The maximum Gasteiger partial charge on any atom is 0.272 e. The largest absolute Gasteiger partial charge is 0.490 e. The molecule has 4 aromatic rings. The van der Waals surface area contributed by atoms with Crippen molar-refractivity contribution in [2.45, 2.75) is 44.6 Å². The number of carbonyl (C=O) groups is 1. The van der Waals surface area contributed by atoms with Gasteiger partial charge in [-0.25, -0.2) is 14.5 Å². The molecule has 2 aromatic heterocycles. The van der Waals surface area contributed by atoms with Gasteiger partial charge in [0.15, 0.2) is 0 Å². The molecule has 7 rings (SSSR count). The molecule has 10 heteroatoms. The number of fused-ring (bicyclic) bond motifs is 1. The van der Waals surface area contributed by atoms with Crippen LogP contribution in [0.4, 0.5) is 10.2 Å². The van der Waals surface area contributed by atoms with E-state index in [0.717, 1.165) is 56.6 Å². The highest BCUT2D eigenvalue weighted by molar-refractivity contribution is 5.95. The summed E-state index contributed by atoms with van der Waals surface area (Å²) in [6.45, 7) is 2.69. The van der Waals surface area contributed by atoms with Crippen molar-refractivity contribution in [1.82, 2.24) is 20.1 Å². The molecule has 1 N–H and O–H groups in total. The van der Waals surface area contributed by atoms with Crippen LogP contribution in [-0.4, -0.2) is 58.3 Å². The van der Waals surface area contributed by atoms with Crippen LogP contribution in [0.3, 0.4) is 0 Å². The number of anilines is 1. The van der Waals surface area contributed by atoms with Crippen molar-refractivity contribution in [3.63, 3.8) is 0 Å². The minimum absolute atomic E-state index is 0.0425. The third-order valence-electron chi connectivity index (χ3n) is 9.19. The molecule has 218 valence electrons. The van der Waals surface area contributed by atoms with Crippen molar-refractivity contribution < 1.29 is 13.9 Å². The first-order valence-corrected chi connectivity index (χ1v) is 14.8. The Morgan fingerprint density at radius 2 is 1.95 bits per heavy atom. The summed E-state index contributed by atoms with van der Waals surface area (Å²) in [5.74, 6) is 0.649. The van der Waals surface area contributed by atoms with Gasteiger partial charge >= 0.3 is 0 Å². The number of pyridine rings is 1. The van der Waals surface area contributed by atoms with Crippen LogP contribution in [0.1, 0.15) is 59.3 Å². The third kappa shape index (κ3) is 5.20. The lowest BCUT2D eigenvalue weighted by Gasteiger charge is -2.26. The molecular weight excluding hydrogens is 547 g/mol. The SMILES string of the molecule is N#Cc1ccc(N2CCC3(CCN(C(=O)c4cc(Cc5n[nH]c(=O)c6ccc(OC7CCC7)cc56)ccc4F)C3)C2)nc1. The lowest BCUT2D eigenvalue weighted by Crippen LogP contribution is -2.34. The number of aromatic nitrogens is 3. The first-order chi connectivity index (χ1) is 20.9. The predicted octanol–water partition coefficient (Wildman–Crippen LogP) is 4.59. The molecule has 1 unspecified atom stereocenters. The fourth-order valence-electron chi connectivity index (χ4n) is 6.51. The average molecular weight is 579 g/mol. The second-order valence-electron chi connectivity index (χ2n) is 12.0. The van der Waals surface area contributed by atoms with Gasteiger partial charge in [0.1, 0.15) is 23.5 Å². The van der Waals surface area contributed by atoms with Gasteiger partial charge < -0.3 is 14.5 Å². The fourth-order valence-corrected chi connectivity index (χ4v) is 6.51. The van der Waals surface area contributed by atoms with E-state index in [-0.39, 0.29) is 28.5 Å². The van der Waals surface area contributed by atoms with E-state index >= 15 is 4.39 Å². The van der Waals surface area contributed by atoms with E-state index in [1.165, 1.54) is 6.07 Å². The lowest BCUT2D eigenvalue weighted by molar-refractivity contribution is 0.0771. The minimum Gasteiger partial charge on any atom is -0.490 e. The molecule has 9 nitrogen and oxygen atoms in total. The van der Waals surface area contributed by atoms with Crippen molar-refractivity contribution in [3.05, 3.63) is 93.3 Å². The van der Waals surface area contributed by atoms with E-state index in [0.29, 0.717) is 47.3 Å². The van der Waals surface area contributed by atoms with E-state index in [9.17, 15) is 9.59 Å². The number of aromatic amines is 1. The summed E-state index contributed by atoms with van der Waals surface area (Å²) in [4.78, 5) is 34.5. The minimum atomic E-state index is -0.556. The molecule has 0 radical (unpaired) electrons. The summed E-state index contributed by atoms with van der Waals surface area (Å²) in [5, 5.41) is 17.1. The van der Waals surface area contributed by atoms with Crippen molar-refractivity contribution in [2.24, 2.45) is 5.41 Å². The summed E-state index contributed by atoms with van der Waals surface area (Å²) in [7, 11) is 0. The molecular formula is C33H31FN6O3. The Balaban J connectivity index is 1.08. The lowest BCUT2D eigenvalue weighted by atomic mass is 9.86. The third-order valence-corrected chi connectivity index (χ3v) is 9.19. The number of carbonyl (C=O) groups excluding carboxylic acids is 1. The monoisotopic (exact) mass is 578 g/mol. The zero-order valence-electron chi connectivity index (χ0n) is 23.7. The molecule has 2 aliphatic heterocycles. The highest BCUT2D eigenvalue weighted by atomic mass is 19.1. The van der Waals surface area contributed by atoms with E-state index in [1.54, 1.807) is 35.4 Å². The van der Waals surface area contributed by atoms with E-state index < -0.39 is 5.82 Å². The number of likely N-dealkylation sites (tertiary alicyclic amines) is 1. The van der Waals surface area contributed by atoms with Gasteiger partial charge in [0.05, 0.1) is 28.3 Å². The first kappa shape index (κ1) is 27.1. The van der Waals surface area contributed by atoms with Gasteiger partial charge in [-0.2, -0.15) is 10.4 Å². The number of benzene rings is 2. The van der Waals surface area contributed by atoms with Crippen LogP contribution in [0, 0.1) is 22.6 Å². The second kappa shape index (κ2) is 10.8. The van der Waals surface area contributed by atoms with Gasteiger partial charge in [-0.05, 0) is 80.1 Å². The molecule has 43 heavy (non-hydrogen) atoms. The van der Waals surface area contributed by atoms with Crippen LogP contribution in [0.5, 0.6) is 5.75 Å². The number of nitrogens with one attached hydrogen (secondary N) is 1. The Labute approximate surface area is 247 Å². The number of ether oxygens (including phenoxy) is 1. The predicted molar refractivity (Wildman–Crippen MR) is 159 cm³/mol.